The van der Waals surface area contributed by atoms with E-state index < -0.39 is 5.91 Å². The second-order valence-electron chi connectivity index (χ2n) is 7.76. The van der Waals surface area contributed by atoms with E-state index >= 15 is 0 Å². The number of ether oxygens (including phenoxy) is 2. The molecular formula is C26H30N4O4. The van der Waals surface area contributed by atoms with Crippen molar-refractivity contribution in [1.82, 2.24) is 15.3 Å². The van der Waals surface area contributed by atoms with Crippen molar-refractivity contribution in [2.45, 2.75) is 26.7 Å². The summed E-state index contributed by atoms with van der Waals surface area (Å²) < 4.78 is 12.6. The summed E-state index contributed by atoms with van der Waals surface area (Å²) in [6, 6.07) is 17.6. The zero-order valence-corrected chi connectivity index (χ0v) is 19.9. The Bertz CT molecular complexity index is 1170. The van der Waals surface area contributed by atoms with E-state index in [1.54, 1.807) is 20.4 Å². The first-order valence-corrected chi connectivity index (χ1v) is 11.0. The Labute approximate surface area is 199 Å². The third-order valence-corrected chi connectivity index (χ3v) is 5.38. The largest absolute Gasteiger partial charge is 0.493 e. The normalized spacial score (nSPS) is 10.8. The first kappa shape index (κ1) is 24.6. The molecule has 2 N–H and O–H groups in total. The third kappa shape index (κ3) is 6.25. The van der Waals surface area contributed by atoms with E-state index in [4.69, 9.17) is 9.47 Å². The number of benzene rings is 2. The zero-order valence-electron chi connectivity index (χ0n) is 19.9. The van der Waals surface area contributed by atoms with Gasteiger partial charge in [-0.15, -0.1) is 0 Å². The number of nitrogens with one attached hydrogen (secondary N) is 2. The average Bonchev–Trinajstić information content (AvgIpc) is 3.12. The number of carbonyl (C=O) groups is 2. The van der Waals surface area contributed by atoms with E-state index in [-0.39, 0.29) is 12.3 Å². The maximum absolute atomic E-state index is 12.1. The molecule has 0 bridgehead atoms. The molecule has 0 aliphatic heterocycles. The first-order valence-electron chi connectivity index (χ1n) is 11.0. The number of rotatable bonds is 10. The summed E-state index contributed by atoms with van der Waals surface area (Å²) in [5.74, 6) is 0.440. The molecule has 0 spiro atoms. The third-order valence-electron chi connectivity index (χ3n) is 5.38. The Morgan fingerprint density at radius 2 is 1.71 bits per heavy atom. The van der Waals surface area contributed by atoms with Crippen molar-refractivity contribution in [3.05, 3.63) is 77.1 Å². The van der Waals surface area contributed by atoms with Crippen molar-refractivity contribution in [2.75, 3.05) is 20.8 Å². The molecule has 0 aliphatic rings. The van der Waals surface area contributed by atoms with Crippen molar-refractivity contribution >= 4 is 18.0 Å². The van der Waals surface area contributed by atoms with E-state index in [1.807, 2.05) is 68.4 Å². The highest BCUT2D eigenvalue weighted by Crippen LogP contribution is 2.27. The Morgan fingerprint density at radius 3 is 2.41 bits per heavy atom. The standard InChI is InChI=1S/C26H30N4O4/c1-18-14-21(19(2)30(18)22-8-6-5-7-9-22)17-28-29-26(32)16-25(31)27-13-12-20-10-11-23(33-3)24(15-20)34-4/h5-11,14-15,17H,12-13,16H2,1-4H3,(H,27,31)(H,29,32). The molecule has 0 aliphatic carbocycles. The predicted octanol–water partition coefficient (Wildman–Crippen LogP) is 3.31. The summed E-state index contributed by atoms with van der Waals surface area (Å²) in [5.41, 5.74) is 7.43. The summed E-state index contributed by atoms with van der Waals surface area (Å²) in [6.45, 7) is 4.41. The van der Waals surface area contributed by atoms with Gasteiger partial charge in [0, 0.05) is 29.2 Å². The molecule has 8 heteroatoms. The van der Waals surface area contributed by atoms with Gasteiger partial charge in [-0.1, -0.05) is 24.3 Å². The molecule has 178 valence electrons. The number of aromatic nitrogens is 1. The number of carbonyl (C=O) groups excluding carboxylic acids is 2. The molecule has 3 rings (SSSR count). The lowest BCUT2D eigenvalue weighted by Crippen LogP contribution is -2.31. The van der Waals surface area contributed by atoms with Gasteiger partial charge in [0.15, 0.2) is 11.5 Å². The lowest BCUT2D eigenvalue weighted by atomic mass is 10.1. The van der Waals surface area contributed by atoms with Gasteiger partial charge in [0.2, 0.25) is 11.8 Å². The predicted molar refractivity (Wildman–Crippen MR) is 132 cm³/mol. The maximum Gasteiger partial charge on any atom is 0.249 e. The van der Waals surface area contributed by atoms with Crippen LogP contribution in [-0.4, -0.2) is 43.4 Å². The molecule has 0 saturated carbocycles. The summed E-state index contributed by atoms with van der Waals surface area (Å²) in [4.78, 5) is 24.2. The number of hydrogen-bond acceptors (Lipinski definition) is 5. The molecule has 3 aromatic rings. The van der Waals surface area contributed by atoms with Crippen molar-refractivity contribution in [1.29, 1.82) is 0 Å². The molecule has 2 amide bonds. The molecule has 34 heavy (non-hydrogen) atoms. The molecule has 0 saturated heterocycles. The quantitative estimate of drug-likeness (QED) is 0.275. The van der Waals surface area contributed by atoms with E-state index in [0.717, 1.165) is 28.2 Å². The van der Waals surface area contributed by atoms with Crippen LogP contribution in [0.4, 0.5) is 0 Å². The van der Waals surface area contributed by atoms with Crippen LogP contribution in [0.3, 0.4) is 0 Å². The highest BCUT2D eigenvalue weighted by Gasteiger charge is 2.11. The van der Waals surface area contributed by atoms with E-state index in [9.17, 15) is 9.59 Å². The number of hydrazone groups is 1. The molecular weight excluding hydrogens is 432 g/mol. The van der Waals surface area contributed by atoms with E-state index in [2.05, 4.69) is 20.4 Å². The van der Waals surface area contributed by atoms with Crippen molar-refractivity contribution in [3.8, 4) is 17.2 Å². The minimum absolute atomic E-state index is 0.299. The van der Waals surface area contributed by atoms with Gasteiger partial charge in [-0.2, -0.15) is 5.10 Å². The fraction of sp³-hybridized carbons (Fsp3) is 0.269. The van der Waals surface area contributed by atoms with Gasteiger partial charge in [0.1, 0.15) is 6.42 Å². The lowest BCUT2D eigenvalue weighted by Gasteiger charge is -2.10. The van der Waals surface area contributed by atoms with E-state index in [0.29, 0.717) is 24.5 Å². The molecule has 0 unspecified atom stereocenters. The van der Waals surface area contributed by atoms with Crippen LogP contribution in [-0.2, 0) is 16.0 Å². The smallest absolute Gasteiger partial charge is 0.249 e. The highest BCUT2D eigenvalue weighted by atomic mass is 16.5. The Morgan fingerprint density at radius 1 is 0.971 bits per heavy atom. The fourth-order valence-electron chi connectivity index (χ4n) is 3.70. The van der Waals surface area contributed by atoms with Crippen LogP contribution < -0.4 is 20.2 Å². The number of para-hydroxylation sites is 1. The molecule has 1 aromatic heterocycles. The number of amides is 2. The molecule has 2 aromatic carbocycles. The maximum atomic E-state index is 12.1. The molecule has 0 fully saturated rings. The number of aryl methyl sites for hydroxylation is 1. The number of nitrogens with zero attached hydrogens (tertiary/aromatic N) is 2. The van der Waals surface area contributed by atoms with Gasteiger partial charge in [-0.3, -0.25) is 9.59 Å². The molecule has 1 heterocycles. The van der Waals surface area contributed by atoms with Gasteiger partial charge in [-0.05, 0) is 56.2 Å². The molecule has 0 radical (unpaired) electrons. The second-order valence-corrected chi connectivity index (χ2v) is 7.76. The van der Waals surface area contributed by atoms with E-state index in [1.165, 1.54) is 0 Å². The van der Waals surface area contributed by atoms with Gasteiger partial charge in [-0.25, -0.2) is 5.43 Å². The SMILES string of the molecule is COc1ccc(CCNC(=O)CC(=O)NN=Cc2cc(C)n(-c3ccccc3)c2C)cc1OC. The Balaban J connectivity index is 1.47. The second kappa shape index (κ2) is 11.7. The monoisotopic (exact) mass is 462 g/mol. The van der Waals surface area contributed by atoms with Gasteiger partial charge in [0.05, 0.1) is 20.4 Å². The van der Waals surface area contributed by atoms with Crippen LogP contribution in [0.15, 0.2) is 59.7 Å². The van der Waals surface area contributed by atoms with Crippen LogP contribution in [0.5, 0.6) is 11.5 Å². The minimum Gasteiger partial charge on any atom is -0.493 e. The van der Waals surface area contributed by atoms with Crippen molar-refractivity contribution in [3.63, 3.8) is 0 Å². The molecule has 0 atom stereocenters. The van der Waals surface area contributed by atoms with Crippen LogP contribution in [0, 0.1) is 13.8 Å². The van der Waals surface area contributed by atoms with Gasteiger partial charge >= 0.3 is 0 Å². The lowest BCUT2D eigenvalue weighted by molar-refractivity contribution is -0.129. The van der Waals surface area contributed by atoms with Gasteiger partial charge in [0.25, 0.3) is 0 Å². The Kier molecular flexibility index (Phi) is 8.45. The number of hydrogen-bond donors (Lipinski definition) is 2. The van der Waals surface area contributed by atoms with Crippen LogP contribution in [0.25, 0.3) is 5.69 Å². The minimum atomic E-state index is -0.475. The van der Waals surface area contributed by atoms with Crippen molar-refractivity contribution in [2.24, 2.45) is 5.10 Å². The average molecular weight is 463 g/mol. The van der Waals surface area contributed by atoms with Crippen molar-refractivity contribution < 1.29 is 19.1 Å². The van der Waals surface area contributed by atoms with Crippen LogP contribution >= 0.6 is 0 Å². The number of methoxy groups -OCH3 is 2. The molecule has 8 nitrogen and oxygen atoms in total. The fourth-order valence-corrected chi connectivity index (χ4v) is 3.70. The first-order chi connectivity index (χ1) is 16.4. The Hall–Kier alpha value is -4.07. The summed E-state index contributed by atoms with van der Waals surface area (Å²) in [5, 5.41) is 6.77. The van der Waals surface area contributed by atoms with Crippen LogP contribution in [0.1, 0.15) is 28.9 Å². The highest BCUT2D eigenvalue weighted by molar-refractivity contribution is 5.97. The zero-order chi connectivity index (χ0) is 24.5. The van der Waals surface area contributed by atoms with Gasteiger partial charge < -0.3 is 19.4 Å². The summed E-state index contributed by atoms with van der Waals surface area (Å²) >= 11 is 0. The topological polar surface area (TPSA) is 94.0 Å². The summed E-state index contributed by atoms with van der Waals surface area (Å²) in [7, 11) is 3.15. The van der Waals surface area contributed by atoms with Crippen LogP contribution in [0.2, 0.25) is 0 Å². The summed E-state index contributed by atoms with van der Waals surface area (Å²) in [6.07, 6.45) is 1.89.